The van der Waals surface area contributed by atoms with Crippen LogP contribution in [0.2, 0.25) is 4.34 Å². The van der Waals surface area contributed by atoms with E-state index >= 15 is 0 Å². The molecule has 6 heteroatoms. The zero-order valence-electron chi connectivity index (χ0n) is 8.18. The highest BCUT2D eigenvalue weighted by molar-refractivity contribution is 7.19. The highest BCUT2D eigenvalue weighted by Gasteiger charge is 2.09. The molecule has 2 aromatic rings. The fourth-order valence-electron chi connectivity index (χ4n) is 1.23. The Balaban J connectivity index is 2.24. The van der Waals surface area contributed by atoms with Gasteiger partial charge < -0.3 is 9.30 Å². The molecule has 0 radical (unpaired) electrons. The van der Waals surface area contributed by atoms with Crippen molar-refractivity contribution in [3.63, 3.8) is 0 Å². The van der Waals surface area contributed by atoms with E-state index in [1.165, 1.54) is 11.3 Å². The largest absolute Gasteiger partial charge is 0.383 e. The van der Waals surface area contributed by atoms with E-state index in [2.05, 4.69) is 10.2 Å². The molecule has 4 nitrogen and oxygen atoms in total. The molecule has 2 aromatic heterocycles. The first-order chi connectivity index (χ1) is 7.31. The third kappa shape index (κ3) is 2.37. The van der Waals surface area contributed by atoms with Crippen LogP contribution in [-0.2, 0) is 11.3 Å². The van der Waals surface area contributed by atoms with E-state index in [1.807, 2.05) is 16.7 Å². The zero-order valence-corrected chi connectivity index (χ0v) is 9.75. The van der Waals surface area contributed by atoms with Crippen molar-refractivity contribution in [2.24, 2.45) is 0 Å². The van der Waals surface area contributed by atoms with Gasteiger partial charge in [-0.3, -0.25) is 0 Å². The molecule has 15 heavy (non-hydrogen) atoms. The zero-order chi connectivity index (χ0) is 10.7. The lowest BCUT2D eigenvalue weighted by Gasteiger charge is -2.03. The van der Waals surface area contributed by atoms with Gasteiger partial charge in [-0.15, -0.1) is 21.5 Å². The molecule has 0 N–H and O–H groups in total. The van der Waals surface area contributed by atoms with Crippen molar-refractivity contribution in [2.75, 3.05) is 13.7 Å². The summed E-state index contributed by atoms with van der Waals surface area (Å²) in [4.78, 5) is 1.02. The number of rotatable bonds is 4. The average Bonchev–Trinajstić information content (AvgIpc) is 2.82. The fraction of sp³-hybridized carbons (Fsp3) is 0.333. The van der Waals surface area contributed by atoms with E-state index in [0.29, 0.717) is 6.61 Å². The van der Waals surface area contributed by atoms with Gasteiger partial charge in [-0.2, -0.15) is 0 Å². The first kappa shape index (κ1) is 10.6. The van der Waals surface area contributed by atoms with E-state index < -0.39 is 0 Å². The summed E-state index contributed by atoms with van der Waals surface area (Å²) in [5.41, 5.74) is 0. The van der Waals surface area contributed by atoms with E-state index in [0.717, 1.165) is 21.6 Å². The molecule has 80 valence electrons. The molecule has 0 saturated heterocycles. The molecule has 0 atom stereocenters. The van der Waals surface area contributed by atoms with Crippen LogP contribution in [0, 0.1) is 0 Å². The quantitative estimate of drug-likeness (QED) is 0.827. The van der Waals surface area contributed by atoms with Crippen LogP contribution in [0.25, 0.3) is 10.7 Å². The summed E-state index contributed by atoms with van der Waals surface area (Å²) in [6, 6.07) is 3.80. The molecular weight excluding hydrogens is 234 g/mol. The second kappa shape index (κ2) is 4.74. The van der Waals surface area contributed by atoms with Crippen molar-refractivity contribution in [2.45, 2.75) is 6.54 Å². The number of hydrogen-bond acceptors (Lipinski definition) is 4. The Labute approximate surface area is 96.5 Å². The fourth-order valence-corrected chi connectivity index (χ4v) is 2.28. The van der Waals surface area contributed by atoms with Crippen LogP contribution in [0.5, 0.6) is 0 Å². The summed E-state index contributed by atoms with van der Waals surface area (Å²) >= 11 is 7.36. The van der Waals surface area contributed by atoms with Crippen LogP contribution in [0.15, 0.2) is 18.5 Å². The molecule has 0 fully saturated rings. The Morgan fingerprint density at radius 2 is 2.40 bits per heavy atom. The maximum atomic E-state index is 5.87. The van der Waals surface area contributed by atoms with E-state index in [4.69, 9.17) is 16.3 Å². The van der Waals surface area contributed by atoms with Crippen LogP contribution in [-0.4, -0.2) is 28.5 Å². The maximum Gasteiger partial charge on any atom is 0.173 e. The Hall–Kier alpha value is -0.910. The molecule has 0 aliphatic carbocycles. The maximum absolute atomic E-state index is 5.87. The predicted octanol–water partition coefficient (Wildman–Crippen LogP) is 2.31. The summed E-state index contributed by atoms with van der Waals surface area (Å²) in [5, 5.41) is 7.94. The lowest BCUT2D eigenvalue weighted by atomic mass is 10.4. The number of nitrogens with zero attached hydrogens (tertiary/aromatic N) is 3. The minimum Gasteiger partial charge on any atom is -0.383 e. The minimum atomic E-state index is 0.643. The monoisotopic (exact) mass is 243 g/mol. The number of aromatic nitrogens is 3. The Morgan fingerprint density at radius 1 is 1.53 bits per heavy atom. The van der Waals surface area contributed by atoms with Gasteiger partial charge in [-0.05, 0) is 12.1 Å². The molecule has 2 rings (SSSR count). The number of methoxy groups -OCH3 is 1. The minimum absolute atomic E-state index is 0.643. The number of thiophene rings is 1. The molecule has 0 amide bonds. The van der Waals surface area contributed by atoms with Gasteiger partial charge in [-0.1, -0.05) is 11.6 Å². The Bertz CT molecular complexity index is 440. The lowest BCUT2D eigenvalue weighted by molar-refractivity contribution is 0.187. The van der Waals surface area contributed by atoms with Crippen LogP contribution in [0.4, 0.5) is 0 Å². The van der Waals surface area contributed by atoms with Crippen molar-refractivity contribution in [3.8, 4) is 10.7 Å². The molecule has 0 aliphatic heterocycles. The smallest absolute Gasteiger partial charge is 0.173 e. The predicted molar refractivity (Wildman–Crippen MR) is 60.2 cm³/mol. The third-order valence-corrected chi connectivity index (χ3v) is 3.17. The molecule has 0 unspecified atom stereocenters. The van der Waals surface area contributed by atoms with Crippen LogP contribution in [0.3, 0.4) is 0 Å². The van der Waals surface area contributed by atoms with Gasteiger partial charge in [0.05, 0.1) is 15.8 Å². The van der Waals surface area contributed by atoms with Gasteiger partial charge in [0, 0.05) is 13.7 Å². The van der Waals surface area contributed by atoms with E-state index in [1.54, 1.807) is 13.4 Å². The first-order valence-electron chi connectivity index (χ1n) is 4.43. The van der Waals surface area contributed by atoms with Crippen molar-refractivity contribution < 1.29 is 4.74 Å². The Kier molecular flexibility index (Phi) is 3.35. The second-order valence-electron chi connectivity index (χ2n) is 2.94. The van der Waals surface area contributed by atoms with Crippen LogP contribution >= 0.6 is 22.9 Å². The SMILES string of the molecule is COCCn1cnnc1-c1ccc(Cl)s1. The molecule has 0 saturated carbocycles. The van der Waals surface area contributed by atoms with Crippen LogP contribution in [0.1, 0.15) is 0 Å². The highest BCUT2D eigenvalue weighted by Crippen LogP contribution is 2.29. The van der Waals surface area contributed by atoms with E-state index in [-0.39, 0.29) is 0 Å². The summed E-state index contributed by atoms with van der Waals surface area (Å²) in [7, 11) is 1.67. The molecule has 0 bridgehead atoms. The van der Waals surface area contributed by atoms with Gasteiger partial charge in [0.25, 0.3) is 0 Å². The van der Waals surface area contributed by atoms with Gasteiger partial charge in [0.2, 0.25) is 0 Å². The van der Waals surface area contributed by atoms with E-state index in [9.17, 15) is 0 Å². The van der Waals surface area contributed by atoms with Crippen molar-refractivity contribution in [1.82, 2.24) is 14.8 Å². The van der Waals surface area contributed by atoms with Gasteiger partial charge in [-0.25, -0.2) is 0 Å². The lowest BCUT2D eigenvalue weighted by Crippen LogP contribution is -2.04. The molecule has 0 spiro atoms. The summed E-state index contributed by atoms with van der Waals surface area (Å²) in [6.07, 6.45) is 1.70. The molecule has 2 heterocycles. The second-order valence-corrected chi connectivity index (χ2v) is 4.66. The highest BCUT2D eigenvalue weighted by atomic mass is 35.5. The van der Waals surface area contributed by atoms with Crippen molar-refractivity contribution >= 4 is 22.9 Å². The molecular formula is C9H10ClN3OS. The molecule has 0 aromatic carbocycles. The number of hydrogen-bond donors (Lipinski definition) is 0. The topological polar surface area (TPSA) is 39.9 Å². The summed E-state index contributed by atoms with van der Waals surface area (Å²) in [6.45, 7) is 1.39. The third-order valence-electron chi connectivity index (χ3n) is 1.95. The van der Waals surface area contributed by atoms with Crippen molar-refractivity contribution in [1.29, 1.82) is 0 Å². The van der Waals surface area contributed by atoms with Gasteiger partial charge in [0.1, 0.15) is 6.33 Å². The standard InChI is InChI=1S/C9H10ClN3OS/c1-14-5-4-13-6-11-12-9(13)7-2-3-8(10)15-7/h2-3,6H,4-5H2,1H3. The Morgan fingerprint density at radius 3 is 3.07 bits per heavy atom. The average molecular weight is 244 g/mol. The van der Waals surface area contributed by atoms with Gasteiger partial charge >= 0.3 is 0 Å². The number of ether oxygens (including phenoxy) is 1. The summed E-state index contributed by atoms with van der Waals surface area (Å²) in [5.74, 6) is 0.837. The number of halogens is 1. The normalized spacial score (nSPS) is 10.8. The van der Waals surface area contributed by atoms with Crippen LogP contribution < -0.4 is 0 Å². The summed E-state index contributed by atoms with van der Waals surface area (Å²) < 4.78 is 7.72. The van der Waals surface area contributed by atoms with Crippen molar-refractivity contribution in [3.05, 3.63) is 22.8 Å². The first-order valence-corrected chi connectivity index (χ1v) is 5.63. The van der Waals surface area contributed by atoms with Gasteiger partial charge in [0.15, 0.2) is 5.82 Å². The molecule has 0 aliphatic rings.